The zero-order valence-electron chi connectivity index (χ0n) is 15.3. The molecule has 0 saturated carbocycles. The highest BCUT2D eigenvalue weighted by atomic mass is 19.1. The average Bonchev–Trinajstić information content (AvgIpc) is 3.05. The molecule has 3 aromatic rings. The number of fused-ring (bicyclic) bond motifs is 1. The number of hydrogen-bond donors (Lipinski definition) is 1. The number of nitrogens with two attached hydrogens (primary N) is 1. The average molecular weight is 375 g/mol. The van der Waals surface area contributed by atoms with E-state index >= 15 is 0 Å². The van der Waals surface area contributed by atoms with E-state index in [1.165, 1.54) is 12.1 Å². The number of ether oxygens (including phenoxy) is 1. The van der Waals surface area contributed by atoms with Gasteiger partial charge >= 0.3 is 0 Å². The maximum atomic E-state index is 13.3. The standard InChI is InChI=1S/C22H18FN3O2/c1-14-11-21-19(13-28-14)20(25-26(21)18-8-6-17(23)7-9-18)10-5-15-3-2-4-16(12-15)22(24)27/h2-4,6-9,12,14H,11,13H2,1H3,(H2,24,27)/t14-/m0/s1. The van der Waals surface area contributed by atoms with Gasteiger partial charge in [-0.05, 0) is 55.3 Å². The Morgan fingerprint density at radius 3 is 2.79 bits per heavy atom. The van der Waals surface area contributed by atoms with Crippen molar-refractivity contribution < 1.29 is 13.9 Å². The molecule has 5 nitrogen and oxygen atoms in total. The highest BCUT2D eigenvalue weighted by molar-refractivity contribution is 5.93. The highest BCUT2D eigenvalue weighted by Gasteiger charge is 2.24. The normalized spacial score (nSPS) is 15.4. The minimum Gasteiger partial charge on any atom is -0.373 e. The molecule has 1 aliphatic heterocycles. The van der Waals surface area contributed by atoms with Gasteiger partial charge in [-0.2, -0.15) is 5.10 Å². The maximum absolute atomic E-state index is 13.3. The van der Waals surface area contributed by atoms with Crippen LogP contribution in [0.3, 0.4) is 0 Å². The molecule has 1 amide bonds. The van der Waals surface area contributed by atoms with Gasteiger partial charge in [0, 0.05) is 23.1 Å². The van der Waals surface area contributed by atoms with Crippen LogP contribution in [0.25, 0.3) is 5.69 Å². The molecule has 0 aliphatic carbocycles. The first-order valence-corrected chi connectivity index (χ1v) is 8.91. The van der Waals surface area contributed by atoms with Crippen LogP contribution in [0, 0.1) is 17.7 Å². The van der Waals surface area contributed by atoms with Crippen molar-refractivity contribution in [2.24, 2.45) is 5.73 Å². The number of nitrogens with zero attached hydrogens (tertiary/aromatic N) is 2. The number of hydrogen-bond acceptors (Lipinski definition) is 3. The molecule has 0 fully saturated rings. The summed E-state index contributed by atoms with van der Waals surface area (Å²) in [4.78, 5) is 11.3. The summed E-state index contributed by atoms with van der Waals surface area (Å²) >= 11 is 0. The van der Waals surface area contributed by atoms with E-state index in [-0.39, 0.29) is 11.9 Å². The topological polar surface area (TPSA) is 70.1 Å². The Morgan fingerprint density at radius 2 is 2.04 bits per heavy atom. The molecule has 0 radical (unpaired) electrons. The molecular formula is C22H18FN3O2. The van der Waals surface area contributed by atoms with Gasteiger partial charge in [0.15, 0.2) is 0 Å². The van der Waals surface area contributed by atoms with Crippen molar-refractivity contribution in [2.75, 3.05) is 0 Å². The van der Waals surface area contributed by atoms with Crippen molar-refractivity contribution in [3.63, 3.8) is 0 Å². The molecular weight excluding hydrogens is 357 g/mol. The second kappa shape index (κ2) is 7.29. The SMILES string of the molecule is C[C@H]1Cc2c(c(C#Cc3cccc(C(N)=O)c3)nn2-c2ccc(F)cc2)CO1. The Hall–Kier alpha value is -3.43. The van der Waals surface area contributed by atoms with Gasteiger partial charge in [0.05, 0.1) is 24.1 Å². The number of benzene rings is 2. The molecule has 6 heteroatoms. The van der Waals surface area contributed by atoms with Crippen LogP contribution in [0.4, 0.5) is 4.39 Å². The van der Waals surface area contributed by atoms with E-state index in [0.29, 0.717) is 29.8 Å². The van der Waals surface area contributed by atoms with Crippen molar-refractivity contribution >= 4 is 5.91 Å². The largest absolute Gasteiger partial charge is 0.373 e. The van der Waals surface area contributed by atoms with Gasteiger partial charge in [-0.25, -0.2) is 9.07 Å². The van der Waals surface area contributed by atoms with Crippen molar-refractivity contribution in [1.82, 2.24) is 9.78 Å². The van der Waals surface area contributed by atoms with Gasteiger partial charge in [0.2, 0.25) is 5.91 Å². The summed E-state index contributed by atoms with van der Waals surface area (Å²) in [5.74, 6) is 5.33. The molecule has 4 rings (SSSR count). The highest BCUT2D eigenvalue weighted by Crippen LogP contribution is 2.26. The lowest BCUT2D eigenvalue weighted by atomic mass is 10.0. The summed E-state index contributed by atoms with van der Waals surface area (Å²) in [5, 5.41) is 4.65. The Kier molecular flexibility index (Phi) is 4.68. The third-order valence-corrected chi connectivity index (χ3v) is 4.63. The molecule has 0 bridgehead atoms. The smallest absolute Gasteiger partial charge is 0.248 e. The quantitative estimate of drug-likeness (QED) is 0.700. The predicted molar refractivity (Wildman–Crippen MR) is 102 cm³/mol. The van der Waals surface area contributed by atoms with Crippen LogP contribution in [0.1, 0.15) is 39.8 Å². The second-order valence-corrected chi connectivity index (χ2v) is 6.68. The molecule has 1 aliphatic rings. The van der Waals surface area contributed by atoms with E-state index < -0.39 is 5.91 Å². The van der Waals surface area contributed by atoms with Gasteiger partial charge in [-0.15, -0.1) is 0 Å². The van der Waals surface area contributed by atoms with E-state index in [9.17, 15) is 9.18 Å². The monoisotopic (exact) mass is 375 g/mol. The van der Waals surface area contributed by atoms with Crippen LogP contribution in [0.15, 0.2) is 48.5 Å². The Bertz CT molecular complexity index is 1110. The van der Waals surface area contributed by atoms with E-state index in [1.807, 2.05) is 6.92 Å². The number of aromatic nitrogens is 2. The minimum absolute atomic E-state index is 0.0662. The number of halogens is 1. The lowest BCUT2D eigenvalue weighted by molar-refractivity contribution is 0.0397. The summed E-state index contributed by atoms with van der Waals surface area (Å²) in [5.41, 5.74) is 9.73. The van der Waals surface area contributed by atoms with E-state index in [0.717, 1.165) is 16.9 Å². The molecule has 28 heavy (non-hydrogen) atoms. The first kappa shape index (κ1) is 18.0. The maximum Gasteiger partial charge on any atom is 0.248 e. The molecule has 1 aromatic heterocycles. The van der Waals surface area contributed by atoms with E-state index in [1.54, 1.807) is 41.1 Å². The zero-order valence-corrected chi connectivity index (χ0v) is 15.3. The number of primary amides is 1. The lowest BCUT2D eigenvalue weighted by Crippen LogP contribution is -2.21. The fraction of sp³-hybridized carbons (Fsp3) is 0.182. The first-order valence-electron chi connectivity index (χ1n) is 8.91. The molecule has 0 spiro atoms. The Morgan fingerprint density at radius 1 is 1.25 bits per heavy atom. The van der Waals surface area contributed by atoms with Gasteiger partial charge in [0.25, 0.3) is 0 Å². The van der Waals surface area contributed by atoms with Crippen LogP contribution < -0.4 is 5.73 Å². The van der Waals surface area contributed by atoms with Crippen molar-refractivity contribution in [1.29, 1.82) is 0 Å². The zero-order chi connectivity index (χ0) is 19.7. The Balaban J connectivity index is 1.77. The number of amides is 1. The van der Waals surface area contributed by atoms with Gasteiger partial charge < -0.3 is 10.5 Å². The van der Waals surface area contributed by atoms with Crippen LogP contribution in [0.5, 0.6) is 0 Å². The number of rotatable bonds is 2. The van der Waals surface area contributed by atoms with E-state index in [4.69, 9.17) is 10.5 Å². The predicted octanol–water partition coefficient (Wildman–Crippen LogP) is 2.97. The van der Waals surface area contributed by atoms with Crippen LogP contribution in [-0.4, -0.2) is 21.8 Å². The van der Waals surface area contributed by atoms with Crippen molar-refractivity contribution in [3.8, 4) is 17.5 Å². The number of carbonyl (C=O) groups excluding carboxylic acids is 1. The molecule has 2 aromatic carbocycles. The van der Waals surface area contributed by atoms with Crippen molar-refractivity contribution in [3.05, 3.63) is 82.4 Å². The summed E-state index contributed by atoms with van der Waals surface area (Å²) in [7, 11) is 0. The van der Waals surface area contributed by atoms with Crippen LogP contribution in [-0.2, 0) is 17.8 Å². The lowest BCUT2D eigenvalue weighted by Gasteiger charge is -2.20. The third kappa shape index (κ3) is 3.53. The molecule has 2 N–H and O–H groups in total. The van der Waals surface area contributed by atoms with Crippen molar-refractivity contribution in [2.45, 2.75) is 26.1 Å². The fourth-order valence-electron chi connectivity index (χ4n) is 3.18. The summed E-state index contributed by atoms with van der Waals surface area (Å²) < 4.78 is 20.9. The van der Waals surface area contributed by atoms with E-state index in [2.05, 4.69) is 16.9 Å². The molecule has 1 atom stereocenters. The first-order chi connectivity index (χ1) is 13.5. The summed E-state index contributed by atoms with van der Waals surface area (Å²) in [6.45, 7) is 2.43. The van der Waals surface area contributed by atoms with Crippen LogP contribution >= 0.6 is 0 Å². The van der Waals surface area contributed by atoms with Gasteiger partial charge in [-0.3, -0.25) is 4.79 Å². The Labute approximate surface area is 161 Å². The molecule has 140 valence electrons. The molecule has 2 heterocycles. The fourth-order valence-corrected chi connectivity index (χ4v) is 3.18. The molecule has 0 saturated heterocycles. The summed E-state index contributed by atoms with van der Waals surface area (Å²) in [6, 6.07) is 13.0. The number of carbonyl (C=O) groups is 1. The third-order valence-electron chi connectivity index (χ3n) is 4.63. The van der Waals surface area contributed by atoms with Crippen LogP contribution in [0.2, 0.25) is 0 Å². The minimum atomic E-state index is -0.496. The van der Waals surface area contributed by atoms with Gasteiger partial charge in [0.1, 0.15) is 11.5 Å². The molecule has 0 unspecified atom stereocenters. The second-order valence-electron chi connectivity index (χ2n) is 6.68. The summed E-state index contributed by atoms with van der Waals surface area (Å²) in [6.07, 6.45) is 0.759. The van der Waals surface area contributed by atoms with Gasteiger partial charge in [-0.1, -0.05) is 12.0 Å².